The van der Waals surface area contributed by atoms with Crippen molar-refractivity contribution in [1.29, 1.82) is 0 Å². The van der Waals surface area contributed by atoms with E-state index in [0.717, 1.165) is 26.4 Å². The Morgan fingerprint density at radius 3 is 1.22 bits per heavy atom. The van der Waals surface area contributed by atoms with E-state index in [4.69, 9.17) is 19.7 Å². The van der Waals surface area contributed by atoms with Crippen LogP contribution < -0.4 is 0 Å². The average Bonchev–Trinajstić information content (AvgIpc) is 2.41. The van der Waals surface area contributed by atoms with Crippen LogP contribution in [0.3, 0.4) is 0 Å². The van der Waals surface area contributed by atoms with Crippen LogP contribution in [-0.4, -0.2) is 48.6 Å². The van der Waals surface area contributed by atoms with Crippen LogP contribution in [0, 0.1) is 0 Å². The molecule has 18 heavy (non-hydrogen) atoms. The van der Waals surface area contributed by atoms with E-state index >= 15 is 0 Å². The highest BCUT2D eigenvalue weighted by atomic mass is 16.6. The number of carboxylic acids is 2. The lowest BCUT2D eigenvalue weighted by Gasteiger charge is -2.09. The van der Waals surface area contributed by atoms with Crippen LogP contribution in [0.25, 0.3) is 0 Å². The molecule has 6 heteroatoms. The summed E-state index contributed by atoms with van der Waals surface area (Å²) in [6, 6.07) is 5.02. The van der Waals surface area contributed by atoms with Gasteiger partial charge in [-0.05, 0) is 24.3 Å². The van der Waals surface area contributed by atoms with E-state index in [0.29, 0.717) is 0 Å². The maximum absolute atomic E-state index is 10.3. The van der Waals surface area contributed by atoms with Crippen LogP contribution in [0.2, 0.25) is 0 Å². The van der Waals surface area contributed by atoms with Gasteiger partial charge in [0.15, 0.2) is 0 Å². The number of ether oxygens (including phenoxy) is 2. The fourth-order valence-electron chi connectivity index (χ4n) is 1.20. The quantitative estimate of drug-likeness (QED) is 0.821. The number of benzene rings is 1. The molecule has 6 nitrogen and oxygen atoms in total. The molecule has 1 aromatic rings. The van der Waals surface area contributed by atoms with Crippen molar-refractivity contribution in [2.75, 3.05) is 26.4 Å². The maximum Gasteiger partial charge on any atom is 0.335 e. The first-order chi connectivity index (χ1) is 8.61. The zero-order valence-corrected chi connectivity index (χ0v) is 9.67. The van der Waals surface area contributed by atoms with Crippen molar-refractivity contribution >= 4 is 11.9 Å². The zero-order chi connectivity index (χ0) is 13.4. The minimum Gasteiger partial charge on any atom is -0.478 e. The third-order valence-corrected chi connectivity index (χ3v) is 2.12. The Morgan fingerprint density at radius 2 is 1.06 bits per heavy atom. The molecule has 0 amide bonds. The van der Waals surface area contributed by atoms with Crippen molar-refractivity contribution in [3.63, 3.8) is 0 Å². The number of hydrogen-bond acceptors (Lipinski definition) is 4. The second kappa shape index (κ2) is 7.41. The highest BCUT2D eigenvalue weighted by Crippen LogP contribution is 2.03. The first-order valence-corrected chi connectivity index (χ1v) is 5.33. The lowest BCUT2D eigenvalue weighted by Crippen LogP contribution is -2.16. The van der Waals surface area contributed by atoms with Gasteiger partial charge in [-0.1, -0.05) is 0 Å². The summed E-state index contributed by atoms with van der Waals surface area (Å²) >= 11 is 0. The van der Waals surface area contributed by atoms with E-state index in [1.807, 2.05) is 0 Å². The molecule has 0 radical (unpaired) electrons. The van der Waals surface area contributed by atoms with E-state index in [1.54, 1.807) is 0 Å². The summed E-state index contributed by atoms with van der Waals surface area (Å²) in [7, 11) is 0. The molecule has 1 saturated heterocycles. The van der Waals surface area contributed by atoms with Crippen LogP contribution in [-0.2, 0) is 9.47 Å². The topological polar surface area (TPSA) is 93.1 Å². The molecule has 1 aliphatic rings. The first-order valence-electron chi connectivity index (χ1n) is 5.33. The van der Waals surface area contributed by atoms with Gasteiger partial charge in [-0.3, -0.25) is 0 Å². The summed E-state index contributed by atoms with van der Waals surface area (Å²) in [5.74, 6) is -2.13. The van der Waals surface area contributed by atoms with E-state index < -0.39 is 11.9 Å². The summed E-state index contributed by atoms with van der Waals surface area (Å²) in [4.78, 5) is 20.7. The van der Waals surface area contributed by atoms with Gasteiger partial charge >= 0.3 is 11.9 Å². The highest BCUT2D eigenvalue weighted by molar-refractivity contribution is 5.91. The molecular formula is C12H14O6. The second-order valence-corrected chi connectivity index (χ2v) is 3.41. The van der Waals surface area contributed by atoms with Gasteiger partial charge in [-0.15, -0.1) is 0 Å². The van der Waals surface area contributed by atoms with Gasteiger partial charge in [0.25, 0.3) is 0 Å². The standard InChI is InChI=1S/C8H6O4.C4H8O2/c9-7(10)5-1-2-6(4-3-5)8(11)12;1-2-6-4-3-5-1/h1-4H,(H,9,10)(H,11,12);1-4H2. The molecule has 0 spiro atoms. The SMILES string of the molecule is C1COCCO1.O=C(O)c1ccc(C(=O)O)cc1. The molecule has 2 N–H and O–H groups in total. The Balaban J connectivity index is 0.000000225. The summed E-state index contributed by atoms with van der Waals surface area (Å²) in [5.41, 5.74) is 0.167. The molecule has 2 rings (SSSR count). The largest absolute Gasteiger partial charge is 0.478 e. The lowest BCUT2D eigenvalue weighted by molar-refractivity contribution is -0.0334. The van der Waals surface area contributed by atoms with Crippen molar-refractivity contribution in [2.24, 2.45) is 0 Å². The van der Waals surface area contributed by atoms with Crippen LogP contribution in [0.5, 0.6) is 0 Å². The fraction of sp³-hybridized carbons (Fsp3) is 0.333. The van der Waals surface area contributed by atoms with Gasteiger partial charge in [0.05, 0.1) is 37.6 Å². The summed E-state index contributed by atoms with van der Waals surface area (Å²) in [6.45, 7) is 3.11. The minimum atomic E-state index is -1.06. The molecule has 0 aromatic heterocycles. The lowest BCUT2D eigenvalue weighted by atomic mass is 10.1. The van der Waals surface area contributed by atoms with Gasteiger partial charge in [-0.25, -0.2) is 9.59 Å². The number of aromatic carboxylic acids is 2. The monoisotopic (exact) mass is 254 g/mol. The molecule has 1 heterocycles. The molecule has 0 aliphatic carbocycles. The normalized spacial score (nSPS) is 14.2. The Kier molecular flexibility index (Phi) is 5.83. The summed E-state index contributed by atoms with van der Waals surface area (Å²) in [6.07, 6.45) is 0. The van der Waals surface area contributed by atoms with Gasteiger partial charge in [-0.2, -0.15) is 0 Å². The van der Waals surface area contributed by atoms with Gasteiger partial charge in [0, 0.05) is 0 Å². The van der Waals surface area contributed by atoms with Gasteiger partial charge in [0.1, 0.15) is 0 Å². The summed E-state index contributed by atoms with van der Waals surface area (Å²) in [5, 5.41) is 16.9. The number of rotatable bonds is 2. The number of carboxylic acid groups (broad SMARTS) is 2. The number of hydrogen-bond donors (Lipinski definition) is 2. The van der Waals surface area contributed by atoms with Crippen LogP contribution in [0.15, 0.2) is 24.3 Å². The van der Waals surface area contributed by atoms with E-state index in [1.165, 1.54) is 24.3 Å². The third-order valence-electron chi connectivity index (χ3n) is 2.12. The molecule has 0 saturated carbocycles. The van der Waals surface area contributed by atoms with E-state index in [-0.39, 0.29) is 11.1 Å². The molecule has 1 aromatic carbocycles. The number of carbonyl (C=O) groups is 2. The van der Waals surface area contributed by atoms with Crippen molar-refractivity contribution in [2.45, 2.75) is 0 Å². The van der Waals surface area contributed by atoms with Crippen molar-refractivity contribution in [3.8, 4) is 0 Å². The molecule has 0 atom stereocenters. The van der Waals surface area contributed by atoms with Crippen molar-refractivity contribution in [1.82, 2.24) is 0 Å². The Morgan fingerprint density at radius 1 is 0.778 bits per heavy atom. The average molecular weight is 254 g/mol. The predicted molar refractivity (Wildman–Crippen MR) is 62.0 cm³/mol. The Labute approximate surface area is 104 Å². The Bertz CT molecular complexity index is 349. The van der Waals surface area contributed by atoms with Crippen molar-refractivity contribution < 1.29 is 29.3 Å². The molecule has 1 fully saturated rings. The first kappa shape index (κ1) is 14.1. The highest BCUT2D eigenvalue weighted by Gasteiger charge is 2.04. The molecule has 0 unspecified atom stereocenters. The molecule has 98 valence electrons. The second-order valence-electron chi connectivity index (χ2n) is 3.41. The zero-order valence-electron chi connectivity index (χ0n) is 9.67. The van der Waals surface area contributed by atoms with Crippen LogP contribution in [0.1, 0.15) is 20.7 Å². The predicted octanol–water partition coefficient (Wildman–Crippen LogP) is 1.12. The third kappa shape index (κ3) is 4.94. The maximum atomic E-state index is 10.3. The summed E-state index contributed by atoms with van der Waals surface area (Å²) < 4.78 is 9.89. The fourth-order valence-corrected chi connectivity index (χ4v) is 1.20. The van der Waals surface area contributed by atoms with E-state index in [2.05, 4.69) is 0 Å². The van der Waals surface area contributed by atoms with Gasteiger partial charge < -0.3 is 19.7 Å². The smallest absolute Gasteiger partial charge is 0.335 e. The van der Waals surface area contributed by atoms with E-state index in [9.17, 15) is 9.59 Å². The van der Waals surface area contributed by atoms with Gasteiger partial charge in [0.2, 0.25) is 0 Å². The molecule has 0 bridgehead atoms. The van der Waals surface area contributed by atoms with Crippen molar-refractivity contribution in [3.05, 3.63) is 35.4 Å². The van der Waals surface area contributed by atoms with Crippen LogP contribution in [0.4, 0.5) is 0 Å². The van der Waals surface area contributed by atoms with Crippen LogP contribution >= 0.6 is 0 Å². The minimum absolute atomic E-state index is 0.0833. The molecule has 1 aliphatic heterocycles. The molecular weight excluding hydrogens is 240 g/mol. The Hall–Kier alpha value is -1.92.